The largest absolute Gasteiger partial charge is 0.416 e. The van der Waals surface area contributed by atoms with Gasteiger partial charge in [0.15, 0.2) is 0 Å². The summed E-state index contributed by atoms with van der Waals surface area (Å²) in [4.78, 5) is 26.8. The van der Waals surface area contributed by atoms with Gasteiger partial charge in [-0.3, -0.25) is 19.8 Å². The van der Waals surface area contributed by atoms with Crippen molar-refractivity contribution in [2.24, 2.45) is 0 Å². The maximum absolute atomic E-state index is 12.8. The number of carbonyl (C=O) groups is 1. The van der Waals surface area contributed by atoms with Gasteiger partial charge in [0.1, 0.15) is 0 Å². The summed E-state index contributed by atoms with van der Waals surface area (Å²) >= 11 is 0.886. The van der Waals surface area contributed by atoms with Crippen LogP contribution in [0.2, 0.25) is 0 Å². The average molecular weight is 439 g/mol. The second kappa shape index (κ2) is 9.48. The van der Waals surface area contributed by atoms with E-state index < -0.39 is 22.4 Å². The Kier molecular flexibility index (Phi) is 6.99. The number of halogens is 3. The first-order chi connectivity index (χ1) is 14.2. The molecule has 0 aromatic heterocycles. The molecule has 2 aromatic carbocycles. The molecule has 0 saturated carbocycles. The highest BCUT2D eigenvalue weighted by molar-refractivity contribution is 8.00. The average Bonchev–Trinajstić information content (AvgIpc) is 2.72. The first-order valence-electron chi connectivity index (χ1n) is 9.26. The molecule has 1 saturated heterocycles. The smallest absolute Gasteiger partial charge is 0.339 e. The van der Waals surface area contributed by atoms with Crippen LogP contribution >= 0.6 is 11.8 Å². The van der Waals surface area contributed by atoms with Crippen molar-refractivity contribution in [1.82, 2.24) is 9.80 Å². The van der Waals surface area contributed by atoms with Crippen molar-refractivity contribution in [3.63, 3.8) is 0 Å². The Bertz CT molecular complexity index is 901. The van der Waals surface area contributed by atoms with Crippen molar-refractivity contribution >= 4 is 23.4 Å². The lowest BCUT2D eigenvalue weighted by atomic mass is 10.2. The molecule has 0 radical (unpaired) electrons. The highest BCUT2D eigenvalue weighted by Crippen LogP contribution is 2.36. The number of hydrogen-bond acceptors (Lipinski definition) is 5. The van der Waals surface area contributed by atoms with Crippen LogP contribution in [0.1, 0.15) is 11.1 Å². The number of thioether (sulfide) groups is 1. The van der Waals surface area contributed by atoms with Crippen molar-refractivity contribution in [3.8, 4) is 0 Å². The molecule has 0 spiro atoms. The summed E-state index contributed by atoms with van der Waals surface area (Å²) in [7, 11) is 0. The van der Waals surface area contributed by atoms with E-state index in [4.69, 9.17) is 0 Å². The van der Waals surface area contributed by atoms with Gasteiger partial charge in [-0.05, 0) is 17.7 Å². The number of carbonyl (C=O) groups excluding carboxylic acids is 1. The molecule has 2 aromatic rings. The second-order valence-corrected chi connectivity index (χ2v) is 7.89. The lowest BCUT2D eigenvalue weighted by Gasteiger charge is -2.34. The second-order valence-electron chi connectivity index (χ2n) is 6.87. The molecule has 0 atom stereocenters. The number of amides is 1. The van der Waals surface area contributed by atoms with Crippen molar-refractivity contribution in [3.05, 3.63) is 69.8 Å². The number of benzene rings is 2. The first kappa shape index (κ1) is 22.1. The summed E-state index contributed by atoms with van der Waals surface area (Å²) in [6, 6.07) is 12.4. The molecule has 6 nitrogen and oxygen atoms in total. The maximum Gasteiger partial charge on any atom is 0.416 e. The van der Waals surface area contributed by atoms with Gasteiger partial charge in [0.25, 0.3) is 5.69 Å². The Morgan fingerprint density at radius 1 is 1.07 bits per heavy atom. The van der Waals surface area contributed by atoms with E-state index in [2.05, 4.69) is 4.90 Å². The van der Waals surface area contributed by atoms with Gasteiger partial charge in [-0.2, -0.15) is 13.2 Å². The third kappa shape index (κ3) is 5.73. The quantitative estimate of drug-likeness (QED) is 0.386. The zero-order valence-corrected chi connectivity index (χ0v) is 16.8. The van der Waals surface area contributed by atoms with Crippen LogP contribution < -0.4 is 0 Å². The van der Waals surface area contributed by atoms with E-state index in [-0.39, 0.29) is 16.6 Å². The third-order valence-electron chi connectivity index (χ3n) is 4.81. The molecule has 0 unspecified atom stereocenters. The number of rotatable bonds is 6. The molecule has 30 heavy (non-hydrogen) atoms. The number of hydrogen-bond donors (Lipinski definition) is 0. The van der Waals surface area contributed by atoms with Crippen LogP contribution in [0.15, 0.2) is 53.4 Å². The third-order valence-corrected chi connectivity index (χ3v) is 5.86. The fourth-order valence-electron chi connectivity index (χ4n) is 3.19. The Balaban J connectivity index is 1.54. The first-order valence-corrected chi connectivity index (χ1v) is 10.2. The van der Waals surface area contributed by atoms with Crippen LogP contribution in [0.4, 0.5) is 18.9 Å². The Labute approximate surface area is 175 Å². The summed E-state index contributed by atoms with van der Waals surface area (Å²) < 4.78 is 38.4. The van der Waals surface area contributed by atoms with Crippen LogP contribution in [0.5, 0.6) is 0 Å². The van der Waals surface area contributed by atoms with Crippen LogP contribution in [0.25, 0.3) is 0 Å². The number of nitro benzene ring substituents is 1. The molecule has 1 aliphatic rings. The van der Waals surface area contributed by atoms with Crippen LogP contribution in [0, 0.1) is 10.1 Å². The normalized spacial score (nSPS) is 15.2. The number of nitrogens with zero attached hydrogens (tertiary/aromatic N) is 3. The van der Waals surface area contributed by atoms with Gasteiger partial charge in [-0.25, -0.2) is 0 Å². The van der Waals surface area contributed by atoms with Gasteiger partial charge >= 0.3 is 6.18 Å². The maximum atomic E-state index is 12.8. The highest BCUT2D eigenvalue weighted by Gasteiger charge is 2.33. The molecule has 1 amide bonds. The predicted octanol–water partition coefficient (Wildman–Crippen LogP) is 4.05. The fraction of sp³-hybridized carbons (Fsp3) is 0.350. The fourth-order valence-corrected chi connectivity index (χ4v) is 4.09. The lowest BCUT2D eigenvalue weighted by molar-refractivity contribution is -0.388. The number of nitro groups is 1. The van der Waals surface area contributed by atoms with Gasteiger partial charge in [0.2, 0.25) is 5.91 Å². The molecule has 10 heteroatoms. The molecule has 0 N–H and O–H groups in total. The van der Waals surface area contributed by atoms with E-state index in [0.29, 0.717) is 32.2 Å². The summed E-state index contributed by atoms with van der Waals surface area (Å²) in [5, 5.41) is 11.2. The van der Waals surface area contributed by atoms with E-state index >= 15 is 0 Å². The molecule has 160 valence electrons. The monoisotopic (exact) mass is 439 g/mol. The molecular weight excluding hydrogens is 419 g/mol. The van der Waals surface area contributed by atoms with E-state index in [1.54, 1.807) is 4.90 Å². The van der Waals surface area contributed by atoms with Gasteiger partial charge < -0.3 is 4.90 Å². The number of piperazine rings is 1. The van der Waals surface area contributed by atoms with Crippen molar-refractivity contribution in [2.75, 3.05) is 31.9 Å². The van der Waals surface area contributed by atoms with E-state index in [0.717, 1.165) is 30.4 Å². The standard InChI is InChI=1S/C20H20F3N3O3S/c21-20(22,23)16-6-7-18(17(12-16)26(28)29)30-14-19(27)25-10-8-24(9-11-25)13-15-4-2-1-3-5-15/h1-7,12H,8-11,13-14H2. The Morgan fingerprint density at radius 2 is 1.73 bits per heavy atom. The minimum Gasteiger partial charge on any atom is -0.339 e. The summed E-state index contributed by atoms with van der Waals surface area (Å²) in [5.74, 6) is -0.251. The topological polar surface area (TPSA) is 66.7 Å². The van der Waals surface area contributed by atoms with E-state index in [1.807, 2.05) is 30.3 Å². The summed E-state index contributed by atoms with van der Waals surface area (Å²) in [6.07, 6.45) is -4.66. The van der Waals surface area contributed by atoms with Crippen molar-refractivity contribution < 1.29 is 22.9 Å². The minimum absolute atomic E-state index is 0.0454. The molecule has 1 fully saturated rings. The Morgan fingerprint density at radius 3 is 2.33 bits per heavy atom. The van der Waals surface area contributed by atoms with Gasteiger partial charge in [0, 0.05) is 38.8 Å². The summed E-state index contributed by atoms with van der Waals surface area (Å²) in [5.41, 5.74) is -0.530. The van der Waals surface area contributed by atoms with Crippen LogP contribution in [0.3, 0.4) is 0 Å². The van der Waals surface area contributed by atoms with E-state index in [1.165, 1.54) is 5.56 Å². The number of alkyl halides is 3. The highest BCUT2D eigenvalue weighted by atomic mass is 32.2. The minimum atomic E-state index is -4.66. The van der Waals surface area contributed by atoms with Gasteiger partial charge in [0.05, 0.1) is 21.1 Å². The van der Waals surface area contributed by atoms with Crippen molar-refractivity contribution in [2.45, 2.75) is 17.6 Å². The van der Waals surface area contributed by atoms with Crippen LogP contribution in [-0.2, 0) is 17.5 Å². The molecule has 1 aliphatic heterocycles. The zero-order chi connectivity index (χ0) is 21.7. The predicted molar refractivity (Wildman–Crippen MR) is 107 cm³/mol. The Hall–Kier alpha value is -2.59. The molecule has 1 heterocycles. The van der Waals surface area contributed by atoms with Crippen LogP contribution in [-0.4, -0.2) is 52.6 Å². The summed E-state index contributed by atoms with van der Waals surface area (Å²) in [6.45, 7) is 3.31. The van der Waals surface area contributed by atoms with Crippen molar-refractivity contribution in [1.29, 1.82) is 0 Å². The molecule has 0 bridgehead atoms. The lowest BCUT2D eigenvalue weighted by Crippen LogP contribution is -2.48. The molecular formula is C20H20F3N3O3S. The zero-order valence-electron chi connectivity index (χ0n) is 16.0. The SMILES string of the molecule is O=C(CSc1ccc(C(F)(F)F)cc1[N+](=O)[O-])N1CCN(Cc2ccccc2)CC1. The van der Waals surface area contributed by atoms with E-state index in [9.17, 15) is 28.1 Å². The molecule has 0 aliphatic carbocycles. The van der Waals surface area contributed by atoms with Gasteiger partial charge in [-0.1, -0.05) is 30.3 Å². The molecule has 3 rings (SSSR count). The van der Waals surface area contributed by atoms with Gasteiger partial charge in [-0.15, -0.1) is 11.8 Å².